The van der Waals surface area contributed by atoms with Crippen molar-refractivity contribution in [1.29, 1.82) is 0 Å². The minimum absolute atomic E-state index is 0.0974. The molecule has 1 N–H and O–H groups in total. The van der Waals surface area contributed by atoms with E-state index in [-0.39, 0.29) is 6.04 Å². The van der Waals surface area contributed by atoms with Gasteiger partial charge < -0.3 is 5.32 Å². The first-order valence-electron chi connectivity index (χ1n) is 16.6. The summed E-state index contributed by atoms with van der Waals surface area (Å²) in [6.45, 7) is 4.37. The van der Waals surface area contributed by atoms with Crippen LogP contribution in [0.15, 0.2) is 156 Å². The molecular weight excluding hydrogens is 556 g/mol. The highest BCUT2D eigenvalue weighted by atomic mass is 15.0. The number of hydrogen-bond donors (Lipinski definition) is 1. The topological polar surface area (TPSA) is 24.4 Å². The molecule has 2 heteroatoms. The predicted octanol–water partition coefficient (Wildman–Crippen LogP) is 12.0. The summed E-state index contributed by atoms with van der Waals surface area (Å²) in [5.41, 5.74) is 8.73. The summed E-state index contributed by atoms with van der Waals surface area (Å²) in [5.74, 6) is 0. The molecule has 2 nitrogen and oxygen atoms in total. The largest absolute Gasteiger partial charge is 0.347 e. The minimum Gasteiger partial charge on any atom is -0.347 e. The summed E-state index contributed by atoms with van der Waals surface area (Å²) >= 11 is 0. The number of nitrogens with zero attached hydrogens (tertiary/aromatic N) is 1. The Balaban J connectivity index is 1.21. The smallest absolute Gasteiger partial charge is 0.0875 e. The van der Waals surface area contributed by atoms with Crippen molar-refractivity contribution < 1.29 is 0 Å². The van der Waals surface area contributed by atoms with E-state index in [0.717, 1.165) is 25.7 Å². The molecule has 0 radical (unpaired) electrons. The van der Waals surface area contributed by atoms with Crippen molar-refractivity contribution in [2.75, 3.05) is 0 Å². The van der Waals surface area contributed by atoms with E-state index in [0.29, 0.717) is 0 Å². The Bertz CT molecular complexity index is 2090. The molecule has 0 bridgehead atoms. The Kier molecular flexibility index (Phi) is 8.61. The average Bonchev–Trinajstić information content (AvgIpc) is 3.13. The summed E-state index contributed by atoms with van der Waals surface area (Å²) in [6, 6.07) is 44.2. The van der Waals surface area contributed by atoms with Gasteiger partial charge in [-0.3, -0.25) is 4.99 Å². The second-order valence-corrected chi connectivity index (χ2v) is 12.2. The summed E-state index contributed by atoms with van der Waals surface area (Å²) in [6.07, 6.45) is 13.0. The number of nitrogens with one attached hydrogen (secondary N) is 1. The molecule has 0 spiro atoms. The second-order valence-electron chi connectivity index (χ2n) is 12.2. The van der Waals surface area contributed by atoms with Gasteiger partial charge in [0.2, 0.25) is 0 Å². The normalized spacial score (nSPS) is 14.5. The molecule has 0 saturated heterocycles. The fraction of sp³-hybridized carbons (Fsp3) is 0.159. The molecule has 1 unspecified atom stereocenters. The standard InChI is InChI=1S/C44H40N2/c1-3-4-22-44(46-30-45-31(2)32-14-6-5-7-15-32)42-21-13-8-16-36(42)34-25-23-33(24-26-34)35-27-28-41-39-19-10-9-17-37(39)38-18-11-12-20-40(38)43(41)29-35/h5-12,14-20,22-31H,3-4,13,21H2,1-2H3,(H,45,46). The van der Waals surface area contributed by atoms with Gasteiger partial charge in [0.25, 0.3) is 0 Å². The maximum absolute atomic E-state index is 4.82. The van der Waals surface area contributed by atoms with Crippen LogP contribution in [0.2, 0.25) is 0 Å². The predicted molar refractivity (Wildman–Crippen MR) is 199 cm³/mol. The molecule has 7 rings (SSSR count). The molecule has 1 aliphatic carbocycles. The van der Waals surface area contributed by atoms with Gasteiger partial charge in [0.1, 0.15) is 0 Å². The molecular formula is C44H40N2. The van der Waals surface area contributed by atoms with Gasteiger partial charge in [0.15, 0.2) is 0 Å². The van der Waals surface area contributed by atoms with Crippen molar-refractivity contribution in [3.63, 3.8) is 0 Å². The van der Waals surface area contributed by atoms with Crippen molar-refractivity contribution in [1.82, 2.24) is 5.32 Å². The zero-order valence-corrected chi connectivity index (χ0v) is 26.7. The van der Waals surface area contributed by atoms with Gasteiger partial charge in [-0.05, 0) is 98.0 Å². The first kappa shape index (κ1) is 29.5. The van der Waals surface area contributed by atoms with Crippen molar-refractivity contribution in [2.24, 2.45) is 4.99 Å². The molecule has 6 aromatic rings. The molecule has 0 heterocycles. The fourth-order valence-electron chi connectivity index (χ4n) is 6.74. The van der Waals surface area contributed by atoms with Crippen LogP contribution in [0.3, 0.4) is 0 Å². The van der Waals surface area contributed by atoms with Gasteiger partial charge in [0, 0.05) is 5.70 Å². The maximum Gasteiger partial charge on any atom is 0.0875 e. The van der Waals surface area contributed by atoms with Gasteiger partial charge in [0.05, 0.1) is 12.4 Å². The van der Waals surface area contributed by atoms with Crippen molar-refractivity contribution in [3.8, 4) is 11.1 Å². The van der Waals surface area contributed by atoms with Gasteiger partial charge in [-0.15, -0.1) is 0 Å². The SMILES string of the molecule is CCCC=C(NC=NC(C)c1ccccc1)C1=C(c2ccc(-c3ccc4c5ccccc5c5ccccc5c4c3)cc2)C=CCC1. The van der Waals surface area contributed by atoms with E-state index in [1.165, 1.54) is 71.4 Å². The quantitative estimate of drug-likeness (QED) is 0.100. The van der Waals surface area contributed by atoms with E-state index in [4.69, 9.17) is 4.99 Å². The molecule has 0 fully saturated rings. The summed E-state index contributed by atoms with van der Waals surface area (Å²) in [5, 5.41) is 11.4. The zero-order valence-electron chi connectivity index (χ0n) is 26.7. The van der Waals surface area contributed by atoms with Gasteiger partial charge in [-0.1, -0.05) is 147 Å². The number of hydrogen-bond acceptors (Lipinski definition) is 1. The molecule has 226 valence electrons. The molecule has 6 aromatic carbocycles. The minimum atomic E-state index is 0.0974. The summed E-state index contributed by atoms with van der Waals surface area (Å²) in [7, 11) is 0. The van der Waals surface area contributed by atoms with E-state index < -0.39 is 0 Å². The number of allylic oxidation sites excluding steroid dienone is 5. The average molecular weight is 597 g/mol. The third-order valence-corrected chi connectivity index (χ3v) is 9.21. The van der Waals surface area contributed by atoms with E-state index in [1.54, 1.807) is 0 Å². The lowest BCUT2D eigenvalue weighted by Crippen LogP contribution is -2.15. The fourth-order valence-corrected chi connectivity index (χ4v) is 6.74. The zero-order chi connectivity index (χ0) is 31.3. The summed E-state index contributed by atoms with van der Waals surface area (Å²) < 4.78 is 0. The van der Waals surface area contributed by atoms with Crippen LogP contribution in [-0.4, -0.2) is 6.34 Å². The molecule has 0 amide bonds. The Hall–Kier alpha value is -5.21. The summed E-state index contributed by atoms with van der Waals surface area (Å²) in [4.78, 5) is 4.82. The van der Waals surface area contributed by atoms with Crippen molar-refractivity contribution >= 4 is 44.2 Å². The third kappa shape index (κ3) is 5.91. The van der Waals surface area contributed by atoms with E-state index in [2.05, 4.69) is 153 Å². The second kappa shape index (κ2) is 13.4. The Morgan fingerprint density at radius 2 is 1.28 bits per heavy atom. The van der Waals surface area contributed by atoms with Crippen LogP contribution in [0, 0.1) is 0 Å². The van der Waals surface area contributed by atoms with E-state index in [9.17, 15) is 0 Å². The molecule has 46 heavy (non-hydrogen) atoms. The number of aliphatic imine (C=N–C) groups is 1. The van der Waals surface area contributed by atoms with Crippen LogP contribution in [0.25, 0.3) is 49.0 Å². The lowest BCUT2D eigenvalue weighted by molar-refractivity contribution is 0.816. The Morgan fingerprint density at radius 3 is 1.96 bits per heavy atom. The first-order valence-corrected chi connectivity index (χ1v) is 16.6. The van der Waals surface area contributed by atoms with E-state index >= 15 is 0 Å². The van der Waals surface area contributed by atoms with Crippen LogP contribution in [0.5, 0.6) is 0 Å². The van der Waals surface area contributed by atoms with Crippen LogP contribution in [0.1, 0.15) is 56.7 Å². The van der Waals surface area contributed by atoms with Crippen LogP contribution in [-0.2, 0) is 0 Å². The highest BCUT2D eigenvalue weighted by molar-refractivity contribution is 6.25. The monoisotopic (exact) mass is 596 g/mol. The van der Waals surface area contributed by atoms with Gasteiger partial charge in [-0.25, -0.2) is 0 Å². The van der Waals surface area contributed by atoms with Crippen molar-refractivity contribution in [2.45, 2.75) is 45.6 Å². The highest BCUT2D eigenvalue weighted by Crippen LogP contribution is 2.38. The van der Waals surface area contributed by atoms with Crippen LogP contribution in [0.4, 0.5) is 0 Å². The maximum atomic E-state index is 4.82. The molecule has 0 aliphatic heterocycles. The van der Waals surface area contributed by atoms with E-state index in [1.807, 2.05) is 12.4 Å². The van der Waals surface area contributed by atoms with Gasteiger partial charge >= 0.3 is 0 Å². The Morgan fingerprint density at radius 1 is 0.696 bits per heavy atom. The number of benzene rings is 6. The van der Waals surface area contributed by atoms with Crippen LogP contribution >= 0.6 is 0 Å². The number of unbranched alkanes of at least 4 members (excludes halogenated alkanes) is 1. The lowest BCUT2D eigenvalue weighted by atomic mass is 9.88. The number of fused-ring (bicyclic) bond motifs is 6. The highest BCUT2D eigenvalue weighted by Gasteiger charge is 2.15. The number of rotatable bonds is 9. The third-order valence-electron chi connectivity index (χ3n) is 9.21. The Labute approximate surface area is 272 Å². The molecule has 0 saturated carbocycles. The van der Waals surface area contributed by atoms with Crippen LogP contribution < -0.4 is 5.32 Å². The molecule has 1 aliphatic rings. The molecule has 0 aromatic heterocycles. The van der Waals surface area contributed by atoms with Gasteiger partial charge in [-0.2, -0.15) is 0 Å². The lowest BCUT2D eigenvalue weighted by Gasteiger charge is -2.20. The molecule has 1 atom stereocenters. The first-order chi connectivity index (χ1) is 22.7. The van der Waals surface area contributed by atoms with Crippen molar-refractivity contribution in [3.05, 3.63) is 162 Å².